The molecule has 0 fully saturated rings. The van der Waals surface area contributed by atoms with Gasteiger partial charge in [0.1, 0.15) is 0 Å². The van der Waals surface area contributed by atoms with Crippen LogP contribution in [0.2, 0.25) is 0 Å². The first kappa shape index (κ1) is 17.4. The van der Waals surface area contributed by atoms with Crippen LogP contribution in [0.15, 0.2) is 0 Å². The average molecular weight is 258 g/mol. The molecule has 0 bridgehead atoms. The predicted molar refractivity (Wildman–Crippen MR) is 75.4 cm³/mol. The first-order valence-electron chi connectivity index (χ1n) is 6.86. The summed E-state index contributed by atoms with van der Waals surface area (Å²) in [7, 11) is 0. The van der Waals surface area contributed by atoms with Crippen LogP contribution < -0.4 is 11.1 Å². The van der Waals surface area contributed by atoms with Crippen LogP contribution in [0.4, 0.5) is 0 Å². The van der Waals surface area contributed by atoms with Gasteiger partial charge in [-0.3, -0.25) is 4.79 Å². The van der Waals surface area contributed by atoms with Crippen LogP contribution in [0.5, 0.6) is 0 Å². The highest BCUT2D eigenvalue weighted by Crippen LogP contribution is 2.16. The summed E-state index contributed by atoms with van der Waals surface area (Å²) in [5.41, 5.74) is 5.24. The third-order valence-electron chi connectivity index (χ3n) is 2.68. The number of hydrogen-bond acceptors (Lipinski definition) is 3. The number of nitrogens with one attached hydrogen (secondary N) is 1. The van der Waals surface area contributed by atoms with Crippen molar-refractivity contribution in [2.75, 3.05) is 13.2 Å². The zero-order valence-corrected chi connectivity index (χ0v) is 12.6. The molecule has 0 aliphatic carbocycles. The van der Waals surface area contributed by atoms with Crippen molar-refractivity contribution in [3.63, 3.8) is 0 Å². The summed E-state index contributed by atoms with van der Waals surface area (Å²) in [6.07, 6.45) is 3.29. The van der Waals surface area contributed by atoms with E-state index in [1.165, 1.54) is 0 Å². The third-order valence-corrected chi connectivity index (χ3v) is 2.68. The molecule has 0 aromatic rings. The molecule has 0 aromatic carbocycles. The van der Waals surface area contributed by atoms with Crippen LogP contribution in [0.3, 0.4) is 0 Å². The number of rotatable bonds is 9. The van der Waals surface area contributed by atoms with Gasteiger partial charge < -0.3 is 15.8 Å². The first-order valence-corrected chi connectivity index (χ1v) is 6.86. The zero-order chi connectivity index (χ0) is 14.2. The zero-order valence-electron chi connectivity index (χ0n) is 12.6. The van der Waals surface area contributed by atoms with Gasteiger partial charge in [0.15, 0.2) is 0 Å². The summed E-state index contributed by atoms with van der Waals surface area (Å²) < 4.78 is 5.74. The standard InChI is InChI=1S/C14H30N2O2/c1-6-7-9-16-12(17)11-14(4,5)18-10-8-13(2,3)15/h6-11,15H2,1-5H3,(H,16,17). The molecule has 0 aromatic heterocycles. The number of unbranched alkanes of at least 4 members (excludes halogenated alkanes) is 1. The lowest BCUT2D eigenvalue weighted by Crippen LogP contribution is -2.38. The van der Waals surface area contributed by atoms with Crippen LogP contribution in [0.25, 0.3) is 0 Å². The van der Waals surface area contributed by atoms with E-state index >= 15 is 0 Å². The minimum Gasteiger partial charge on any atom is -0.375 e. The molecule has 4 nitrogen and oxygen atoms in total. The maximum atomic E-state index is 11.7. The molecule has 0 saturated carbocycles. The molecular weight excluding hydrogens is 228 g/mol. The van der Waals surface area contributed by atoms with Gasteiger partial charge in [0.25, 0.3) is 0 Å². The van der Waals surface area contributed by atoms with Gasteiger partial charge in [-0.25, -0.2) is 0 Å². The maximum Gasteiger partial charge on any atom is 0.222 e. The molecule has 0 rings (SSSR count). The summed E-state index contributed by atoms with van der Waals surface area (Å²) in [6, 6.07) is 0. The highest BCUT2D eigenvalue weighted by atomic mass is 16.5. The average Bonchev–Trinajstić information content (AvgIpc) is 2.14. The molecule has 3 N–H and O–H groups in total. The second-order valence-electron chi connectivity index (χ2n) is 6.23. The first-order chi connectivity index (χ1) is 8.16. The molecule has 1 amide bonds. The second-order valence-corrected chi connectivity index (χ2v) is 6.23. The number of amides is 1. The van der Waals surface area contributed by atoms with Gasteiger partial charge in [-0.15, -0.1) is 0 Å². The molecule has 108 valence electrons. The van der Waals surface area contributed by atoms with Crippen molar-refractivity contribution < 1.29 is 9.53 Å². The van der Waals surface area contributed by atoms with Gasteiger partial charge in [0.05, 0.1) is 12.0 Å². The largest absolute Gasteiger partial charge is 0.375 e. The van der Waals surface area contributed by atoms with Crippen molar-refractivity contribution in [2.45, 2.75) is 71.4 Å². The quantitative estimate of drug-likeness (QED) is 0.623. The van der Waals surface area contributed by atoms with Crippen LogP contribution in [-0.2, 0) is 9.53 Å². The van der Waals surface area contributed by atoms with Crippen molar-refractivity contribution in [2.24, 2.45) is 5.73 Å². The Morgan fingerprint density at radius 1 is 1.28 bits per heavy atom. The Balaban J connectivity index is 3.88. The van der Waals surface area contributed by atoms with Gasteiger partial charge in [-0.05, 0) is 40.5 Å². The van der Waals surface area contributed by atoms with E-state index in [1.807, 2.05) is 27.7 Å². The Morgan fingerprint density at radius 3 is 2.39 bits per heavy atom. The molecule has 0 aliphatic heterocycles. The van der Waals surface area contributed by atoms with E-state index in [-0.39, 0.29) is 11.4 Å². The Kier molecular flexibility index (Phi) is 7.48. The smallest absolute Gasteiger partial charge is 0.222 e. The van der Waals surface area contributed by atoms with E-state index in [9.17, 15) is 4.79 Å². The van der Waals surface area contributed by atoms with Crippen molar-refractivity contribution in [1.29, 1.82) is 0 Å². The van der Waals surface area contributed by atoms with Gasteiger partial charge in [0, 0.05) is 18.7 Å². The fraction of sp³-hybridized carbons (Fsp3) is 0.929. The van der Waals surface area contributed by atoms with Crippen LogP contribution in [0, 0.1) is 0 Å². The third kappa shape index (κ3) is 10.5. The lowest BCUT2D eigenvalue weighted by atomic mass is 10.0. The topological polar surface area (TPSA) is 64.3 Å². The van der Waals surface area contributed by atoms with Gasteiger partial charge in [-0.2, -0.15) is 0 Å². The van der Waals surface area contributed by atoms with Crippen LogP contribution >= 0.6 is 0 Å². The summed E-state index contributed by atoms with van der Waals surface area (Å²) in [5, 5.41) is 2.90. The van der Waals surface area contributed by atoms with Gasteiger partial charge >= 0.3 is 0 Å². The molecule has 0 radical (unpaired) electrons. The number of carbonyl (C=O) groups is 1. The Bertz CT molecular complexity index is 245. The number of hydrogen-bond donors (Lipinski definition) is 2. The van der Waals surface area contributed by atoms with E-state index < -0.39 is 5.60 Å². The molecular formula is C14H30N2O2. The number of ether oxygens (including phenoxy) is 1. The lowest BCUT2D eigenvalue weighted by molar-refractivity contribution is -0.127. The number of carbonyl (C=O) groups excluding carboxylic acids is 1. The molecule has 0 spiro atoms. The van der Waals surface area contributed by atoms with Crippen LogP contribution in [-0.4, -0.2) is 30.2 Å². The molecule has 0 unspecified atom stereocenters. The highest BCUT2D eigenvalue weighted by molar-refractivity contribution is 5.76. The van der Waals surface area contributed by atoms with Crippen molar-refractivity contribution in [1.82, 2.24) is 5.32 Å². The van der Waals surface area contributed by atoms with E-state index in [4.69, 9.17) is 10.5 Å². The van der Waals surface area contributed by atoms with Crippen LogP contribution in [0.1, 0.15) is 60.3 Å². The molecule has 4 heteroatoms. The monoisotopic (exact) mass is 258 g/mol. The summed E-state index contributed by atoms with van der Waals surface area (Å²) >= 11 is 0. The molecule has 18 heavy (non-hydrogen) atoms. The Hall–Kier alpha value is -0.610. The van der Waals surface area contributed by atoms with Crippen molar-refractivity contribution >= 4 is 5.91 Å². The minimum absolute atomic E-state index is 0.0560. The second kappa shape index (κ2) is 7.74. The predicted octanol–water partition coefficient (Wildman–Crippen LogP) is 2.22. The van der Waals surface area contributed by atoms with E-state index in [1.54, 1.807) is 0 Å². The normalized spacial score (nSPS) is 12.6. The molecule has 0 saturated heterocycles. The Labute approximate surface area is 112 Å². The minimum atomic E-state index is -0.429. The summed E-state index contributed by atoms with van der Waals surface area (Å²) in [5.74, 6) is 0.0560. The van der Waals surface area contributed by atoms with Crippen molar-refractivity contribution in [3.05, 3.63) is 0 Å². The highest BCUT2D eigenvalue weighted by Gasteiger charge is 2.23. The lowest BCUT2D eigenvalue weighted by Gasteiger charge is -2.27. The SMILES string of the molecule is CCCCNC(=O)CC(C)(C)OCCC(C)(C)N. The maximum absolute atomic E-state index is 11.7. The van der Waals surface area contributed by atoms with E-state index in [0.29, 0.717) is 13.0 Å². The number of nitrogens with two attached hydrogens (primary N) is 1. The van der Waals surface area contributed by atoms with E-state index in [0.717, 1.165) is 25.8 Å². The van der Waals surface area contributed by atoms with Gasteiger partial charge in [0.2, 0.25) is 5.91 Å². The molecule has 0 atom stereocenters. The summed E-state index contributed by atoms with van der Waals surface area (Å²) in [6.45, 7) is 11.3. The van der Waals surface area contributed by atoms with Crippen molar-refractivity contribution in [3.8, 4) is 0 Å². The Morgan fingerprint density at radius 2 is 1.89 bits per heavy atom. The fourth-order valence-electron chi connectivity index (χ4n) is 1.50. The molecule has 0 heterocycles. The fourth-order valence-corrected chi connectivity index (χ4v) is 1.50. The van der Waals surface area contributed by atoms with E-state index in [2.05, 4.69) is 12.2 Å². The molecule has 0 aliphatic rings. The summed E-state index contributed by atoms with van der Waals surface area (Å²) in [4.78, 5) is 11.7. The van der Waals surface area contributed by atoms with Gasteiger partial charge in [-0.1, -0.05) is 13.3 Å².